The molecule has 127 valence electrons. The minimum absolute atomic E-state index is 0.942. The Morgan fingerprint density at radius 2 is 1.08 bits per heavy atom. The van der Waals surface area contributed by atoms with Gasteiger partial charge in [0, 0.05) is 0 Å². The number of nitrogens with zero attached hydrogens (tertiary/aromatic N) is 2. The molecule has 0 atom stereocenters. The van der Waals surface area contributed by atoms with Gasteiger partial charge < -0.3 is 0 Å². The SMILES string of the molecule is CC(=Nc1cccc(C)c1)C(C)=Nc1cccc(C)c1.[Cl][Nd]([Cl])[Cl]. The minimum atomic E-state index is -2.24. The van der Waals surface area contributed by atoms with E-state index in [4.69, 9.17) is 17.4 Å². The van der Waals surface area contributed by atoms with Gasteiger partial charge in [-0.1, -0.05) is 24.3 Å². The Morgan fingerprint density at radius 1 is 0.750 bits per heavy atom. The van der Waals surface area contributed by atoms with E-state index in [0.29, 0.717) is 0 Å². The van der Waals surface area contributed by atoms with Crippen LogP contribution in [0.5, 0.6) is 0 Å². The normalized spacial score (nSPS) is 11.6. The summed E-state index contributed by atoms with van der Waals surface area (Å²) in [4.78, 5) is 9.25. The Balaban J connectivity index is 0.000000648. The van der Waals surface area contributed by atoms with E-state index in [1.165, 1.54) is 11.1 Å². The molecular formula is C18H20Cl3N2Nd. The van der Waals surface area contributed by atoms with Gasteiger partial charge in [-0.3, -0.25) is 9.98 Å². The van der Waals surface area contributed by atoms with Crippen molar-refractivity contribution in [1.29, 1.82) is 0 Å². The van der Waals surface area contributed by atoms with Crippen LogP contribution in [0.3, 0.4) is 0 Å². The van der Waals surface area contributed by atoms with Crippen molar-refractivity contribution in [3.8, 4) is 0 Å². The first kappa shape index (κ1) is 22.0. The van der Waals surface area contributed by atoms with E-state index in [-0.39, 0.29) is 0 Å². The topological polar surface area (TPSA) is 24.7 Å². The number of halogens is 3. The van der Waals surface area contributed by atoms with Gasteiger partial charge in [-0.15, -0.1) is 0 Å². The summed E-state index contributed by atoms with van der Waals surface area (Å²) >= 11 is -2.24. The van der Waals surface area contributed by atoms with Gasteiger partial charge >= 0.3 is 47.3 Å². The average Bonchev–Trinajstić information content (AvgIpc) is 2.46. The third kappa shape index (κ3) is 9.48. The van der Waals surface area contributed by atoms with Gasteiger partial charge in [0.05, 0.1) is 22.8 Å². The van der Waals surface area contributed by atoms with Crippen molar-refractivity contribution in [3.05, 3.63) is 59.7 Å². The molecule has 0 unspecified atom stereocenters. The third-order valence-electron chi connectivity index (χ3n) is 3.12. The Labute approximate surface area is 165 Å². The molecule has 0 aromatic heterocycles. The van der Waals surface area contributed by atoms with Crippen molar-refractivity contribution in [1.82, 2.24) is 0 Å². The van der Waals surface area contributed by atoms with Crippen LogP contribution in [0.2, 0.25) is 0 Å². The molecule has 2 rings (SSSR count). The number of rotatable bonds is 3. The zero-order chi connectivity index (χ0) is 18.1. The Kier molecular flexibility index (Phi) is 10.6. The molecule has 0 bridgehead atoms. The quantitative estimate of drug-likeness (QED) is 0.385. The molecule has 6 heteroatoms. The van der Waals surface area contributed by atoms with Crippen molar-refractivity contribution >= 4 is 40.2 Å². The summed E-state index contributed by atoms with van der Waals surface area (Å²) in [5.74, 6) is 15.1. The fourth-order valence-corrected chi connectivity index (χ4v) is 1.94. The van der Waals surface area contributed by atoms with Gasteiger partial charge in [0.25, 0.3) is 0 Å². The van der Waals surface area contributed by atoms with Crippen molar-refractivity contribution < 1.29 is 29.9 Å². The molecule has 0 N–H and O–H groups in total. The summed E-state index contributed by atoms with van der Waals surface area (Å²) in [6.45, 7) is 8.14. The molecule has 0 radical (unpaired) electrons. The number of aliphatic imine (C=N–C) groups is 2. The Bertz CT molecular complexity index is 665. The second-order valence-corrected chi connectivity index (χ2v) is 19.4. The van der Waals surface area contributed by atoms with Crippen LogP contribution >= 0.6 is 17.4 Å². The van der Waals surface area contributed by atoms with E-state index in [0.717, 1.165) is 22.8 Å². The molecule has 0 saturated carbocycles. The molecule has 2 aromatic carbocycles. The molecule has 0 aliphatic rings. The first-order chi connectivity index (χ1) is 11.3. The molecule has 0 aliphatic carbocycles. The molecule has 0 heterocycles. The van der Waals surface area contributed by atoms with Crippen LogP contribution < -0.4 is 0 Å². The van der Waals surface area contributed by atoms with Crippen LogP contribution in [0.4, 0.5) is 11.4 Å². The van der Waals surface area contributed by atoms with Gasteiger partial charge in [0.2, 0.25) is 0 Å². The molecular weight excluding hydrogens is 495 g/mol. The van der Waals surface area contributed by atoms with Crippen molar-refractivity contribution in [2.24, 2.45) is 9.98 Å². The maximum absolute atomic E-state index is 5.02. The summed E-state index contributed by atoms with van der Waals surface area (Å²) in [6, 6.07) is 16.4. The molecule has 0 saturated heterocycles. The van der Waals surface area contributed by atoms with Crippen LogP contribution in [0.1, 0.15) is 25.0 Å². The van der Waals surface area contributed by atoms with Crippen molar-refractivity contribution in [2.75, 3.05) is 0 Å². The monoisotopic (exact) mass is 511 g/mol. The van der Waals surface area contributed by atoms with Gasteiger partial charge in [0.15, 0.2) is 0 Å². The van der Waals surface area contributed by atoms with Crippen LogP contribution in [-0.2, 0) is 0 Å². The fourth-order valence-electron chi connectivity index (χ4n) is 1.94. The standard InChI is InChI=1S/C18H20N2.3ClH.Nd/c1-13-7-5-9-17(11-13)19-15(3)16(4)20-18-10-6-8-14(2)12-18;;;;/h5-12H,1-4H3;3*1H;/q;;;;+3/p-3. The summed E-state index contributed by atoms with van der Waals surface area (Å²) in [5.41, 5.74) is 6.26. The first-order valence-electron chi connectivity index (χ1n) is 7.35. The first-order valence-corrected chi connectivity index (χ1v) is 19.4. The zero-order valence-electron chi connectivity index (χ0n) is 14.1. The van der Waals surface area contributed by atoms with Gasteiger partial charge in [0.1, 0.15) is 0 Å². The van der Waals surface area contributed by atoms with E-state index < -0.39 is 29.9 Å². The molecule has 2 aromatic rings. The maximum atomic E-state index is 5.02. The van der Waals surface area contributed by atoms with E-state index in [1.807, 2.05) is 38.1 Å². The second kappa shape index (κ2) is 11.6. The molecule has 2 nitrogen and oxygen atoms in total. The molecule has 0 fully saturated rings. The van der Waals surface area contributed by atoms with E-state index in [2.05, 4.69) is 48.1 Å². The molecule has 0 spiro atoms. The van der Waals surface area contributed by atoms with Gasteiger partial charge in [-0.2, -0.15) is 0 Å². The summed E-state index contributed by atoms with van der Waals surface area (Å²) in [5, 5.41) is 0. The van der Waals surface area contributed by atoms with E-state index in [9.17, 15) is 0 Å². The molecule has 24 heavy (non-hydrogen) atoms. The van der Waals surface area contributed by atoms with E-state index in [1.54, 1.807) is 0 Å². The third-order valence-corrected chi connectivity index (χ3v) is 3.12. The van der Waals surface area contributed by atoms with Crippen LogP contribution in [-0.4, -0.2) is 11.4 Å². The number of hydrogen-bond acceptors (Lipinski definition) is 2. The number of aryl methyl sites for hydroxylation is 2. The average molecular weight is 515 g/mol. The Hall–Kier alpha value is 0.000649. The van der Waals surface area contributed by atoms with Crippen LogP contribution in [0, 0.1) is 43.8 Å². The number of benzene rings is 2. The molecule has 0 aliphatic heterocycles. The second-order valence-electron chi connectivity index (χ2n) is 5.29. The van der Waals surface area contributed by atoms with Crippen LogP contribution in [0.25, 0.3) is 0 Å². The predicted octanol–water partition coefficient (Wildman–Crippen LogP) is 7.26. The van der Waals surface area contributed by atoms with Crippen LogP contribution in [0.15, 0.2) is 58.5 Å². The summed E-state index contributed by atoms with van der Waals surface area (Å²) in [6.07, 6.45) is 0. The fraction of sp³-hybridized carbons (Fsp3) is 0.222. The summed E-state index contributed by atoms with van der Waals surface area (Å²) < 4.78 is 0. The van der Waals surface area contributed by atoms with Crippen molar-refractivity contribution in [3.63, 3.8) is 0 Å². The molecule has 0 amide bonds. The van der Waals surface area contributed by atoms with Crippen molar-refractivity contribution in [2.45, 2.75) is 27.7 Å². The summed E-state index contributed by atoms with van der Waals surface area (Å²) in [7, 11) is 0. The number of hydrogen-bond donors (Lipinski definition) is 0. The van der Waals surface area contributed by atoms with Gasteiger partial charge in [-0.25, -0.2) is 0 Å². The Morgan fingerprint density at radius 3 is 1.38 bits per heavy atom. The zero-order valence-corrected chi connectivity index (χ0v) is 19.6. The van der Waals surface area contributed by atoms with E-state index >= 15 is 0 Å². The van der Waals surface area contributed by atoms with Gasteiger partial charge in [-0.05, 0) is 63.1 Å². The predicted molar refractivity (Wildman–Crippen MR) is 105 cm³/mol.